The summed E-state index contributed by atoms with van der Waals surface area (Å²) in [4.78, 5) is 24.4. The zero-order valence-electron chi connectivity index (χ0n) is 12.2. The number of carboxylic acid groups (broad SMARTS) is 1. The number of carbonyl (C=O) groups excluding carboxylic acids is 1. The van der Waals surface area contributed by atoms with Gasteiger partial charge in [0.15, 0.2) is 0 Å². The highest BCUT2D eigenvalue weighted by Crippen LogP contribution is 2.13. The van der Waals surface area contributed by atoms with Crippen LogP contribution in [0.3, 0.4) is 0 Å². The largest absolute Gasteiger partial charge is 0.480 e. The van der Waals surface area contributed by atoms with Gasteiger partial charge in [0.25, 0.3) is 0 Å². The van der Waals surface area contributed by atoms with Gasteiger partial charge < -0.3 is 14.7 Å². The Balaban J connectivity index is 2.68. The molecule has 0 spiro atoms. The molecule has 0 aromatic heterocycles. The maximum atomic E-state index is 12.2. The zero-order chi connectivity index (χ0) is 15.8. The molecule has 21 heavy (non-hydrogen) atoms. The fraction of sp³-hybridized carbons (Fsp3) is 0.467. The van der Waals surface area contributed by atoms with Gasteiger partial charge in [-0.3, -0.25) is 9.59 Å². The number of halogens is 1. The van der Waals surface area contributed by atoms with Crippen molar-refractivity contribution in [1.82, 2.24) is 4.90 Å². The highest BCUT2D eigenvalue weighted by Gasteiger charge is 2.18. The summed E-state index contributed by atoms with van der Waals surface area (Å²) in [5.74, 6) is -1.23. The summed E-state index contributed by atoms with van der Waals surface area (Å²) in [5, 5.41) is 9.54. The third kappa shape index (κ3) is 6.60. The summed E-state index contributed by atoms with van der Waals surface area (Å²) >= 11 is 5.81. The predicted octanol–water partition coefficient (Wildman–Crippen LogP) is 2.57. The third-order valence-corrected chi connectivity index (χ3v) is 3.38. The summed E-state index contributed by atoms with van der Waals surface area (Å²) in [6.45, 7) is 1.81. The van der Waals surface area contributed by atoms with Crippen LogP contribution in [0.25, 0.3) is 0 Å². The monoisotopic (exact) mass is 313 g/mol. The molecule has 0 bridgehead atoms. The van der Waals surface area contributed by atoms with Gasteiger partial charge in [-0.1, -0.05) is 23.7 Å². The van der Waals surface area contributed by atoms with Crippen molar-refractivity contribution in [1.29, 1.82) is 0 Å². The van der Waals surface area contributed by atoms with E-state index in [9.17, 15) is 9.59 Å². The van der Waals surface area contributed by atoms with E-state index in [0.29, 0.717) is 11.4 Å². The quantitative estimate of drug-likeness (QED) is 0.801. The molecule has 1 rings (SSSR count). The molecule has 0 aliphatic heterocycles. The van der Waals surface area contributed by atoms with E-state index in [1.54, 1.807) is 31.4 Å². The number of aliphatic carboxylic acids is 1. The van der Waals surface area contributed by atoms with E-state index in [1.807, 2.05) is 6.92 Å². The van der Waals surface area contributed by atoms with Gasteiger partial charge in [0.1, 0.15) is 6.54 Å². The number of hydrogen-bond acceptors (Lipinski definition) is 3. The van der Waals surface area contributed by atoms with Crippen LogP contribution < -0.4 is 0 Å². The first-order chi connectivity index (χ1) is 9.92. The number of carbonyl (C=O) groups is 2. The van der Waals surface area contributed by atoms with Crippen molar-refractivity contribution in [2.75, 3.05) is 13.7 Å². The van der Waals surface area contributed by atoms with E-state index >= 15 is 0 Å². The number of methoxy groups -OCH3 is 1. The molecule has 0 fully saturated rings. The Kier molecular flexibility index (Phi) is 7.19. The van der Waals surface area contributed by atoms with E-state index in [-0.39, 0.29) is 31.5 Å². The fourth-order valence-corrected chi connectivity index (χ4v) is 1.93. The first-order valence-electron chi connectivity index (χ1n) is 6.69. The number of carboxylic acids is 1. The second-order valence-corrected chi connectivity index (χ2v) is 5.29. The predicted molar refractivity (Wildman–Crippen MR) is 80.2 cm³/mol. The van der Waals surface area contributed by atoms with Gasteiger partial charge in [0.2, 0.25) is 5.91 Å². The molecule has 1 N–H and O–H groups in total. The lowest BCUT2D eigenvalue weighted by atomic mass is 10.1. The molecular weight excluding hydrogens is 294 g/mol. The van der Waals surface area contributed by atoms with Crippen molar-refractivity contribution in [2.24, 2.45) is 0 Å². The molecular formula is C15H20ClNO4. The van der Waals surface area contributed by atoms with Gasteiger partial charge >= 0.3 is 5.97 Å². The summed E-state index contributed by atoms with van der Waals surface area (Å²) in [6, 6.07) is 6.99. The Labute approximate surface area is 129 Å². The minimum atomic E-state index is -1.03. The van der Waals surface area contributed by atoms with Crippen molar-refractivity contribution < 1.29 is 19.4 Å². The zero-order valence-corrected chi connectivity index (χ0v) is 13.0. The molecule has 0 saturated heterocycles. The van der Waals surface area contributed by atoms with Crippen molar-refractivity contribution >= 4 is 23.5 Å². The Morgan fingerprint density at radius 2 is 1.95 bits per heavy atom. The Hall–Kier alpha value is -1.59. The highest BCUT2D eigenvalue weighted by molar-refractivity contribution is 6.30. The van der Waals surface area contributed by atoms with Crippen molar-refractivity contribution in [3.05, 3.63) is 34.9 Å². The first-order valence-corrected chi connectivity index (χ1v) is 7.07. The number of amides is 1. The molecule has 0 heterocycles. The summed E-state index contributed by atoms with van der Waals surface area (Å²) in [6.07, 6.45) is 0.790. The Morgan fingerprint density at radius 1 is 1.33 bits per heavy atom. The van der Waals surface area contributed by atoms with Crippen LogP contribution in [0.15, 0.2) is 24.3 Å². The van der Waals surface area contributed by atoms with Gasteiger partial charge in [0.05, 0.1) is 6.10 Å². The van der Waals surface area contributed by atoms with Crippen molar-refractivity contribution in [3.63, 3.8) is 0 Å². The molecule has 0 radical (unpaired) electrons. The fourth-order valence-electron chi connectivity index (χ4n) is 1.81. The highest BCUT2D eigenvalue weighted by atomic mass is 35.5. The number of hydrogen-bond donors (Lipinski definition) is 1. The second-order valence-electron chi connectivity index (χ2n) is 4.86. The molecule has 116 valence electrons. The molecule has 0 aliphatic rings. The van der Waals surface area contributed by atoms with Crippen LogP contribution >= 0.6 is 11.6 Å². The minimum Gasteiger partial charge on any atom is -0.480 e. The molecule has 1 aromatic carbocycles. The van der Waals surface area contributed by atoms with Crippen LogP contribution in [-0.2, 0) is 20.9 Å². The van der Waals surface area contributed by atoms with E-state index in [4.69, 9.17) is 21.4 Å². The van der Waals surface area contributed by atoms with Gasteiger partial charge in [-0.05, 0) is 31.0 Å². The molecule has 6 heteroatoms. The smallest absolute Gasteiger partial charge is 0.323 e. The van der Waals surface area contributed by atoms with E-state index in [2.05, 4.69) is 0 Å². The van der Waals surface area contributed by atoms with Crippen LogP contribution in [0.4, 0.5) is 0 Å². The summed E-state index contributed by atoms with van der Waals surface area (Å²) in [5.41, 5.74) is 0.841. The average Bonchev–Trinajstić information content (AvgIpc) is 2.45. The molecule has 1 aromatic rings. The number of nitrogens with zero attached hydrogens (tertiary/aromatic N) is 1. The molecule has 0 aliphatic carbocycles. The lowest BCUT2D eigenvalue weighted by Crippen LogP contribution is -2.35. The standard InChI is InChI=1S/C15H20ClNO4/c1-11(21-2)3-8-14(18)17(10-15(19)20)9-12-4-6-13(16)7-5-12/h4-7,11H,3,8-10H2,1-2H3,(H,19,20). The van der Waals surface area contributed by atoms with Gasteiger partial charge in [-0.2, -0.15) is 0 Å². The number of rotatable bonds is 8. The third-order valence-electron chi connectivity index (χ3n) is 3.13. The maximum Gasteiger partial charge on any atom is 0.323 e. The summed E-state index contributed by atoms with van der Waals surface area (Å²) < 4.78 is 5.09. The van der Waals surface area contributed by atoms with Gasteiger partial charge in [-0.25, -0.2) is 0 Å². The first kappa shape index (κ1) is 17.5. The molecule has 1 amide bonds. The van der Waals surface area contributed by atoms with Crippen LogP contribution in [0.2, 0.25) is 5.02 Å². The molecule has 1 atom stereocenters. The Morgan fingerprint density at radius 3 is 2.48 bits per heavy atom. The lowest BCUT2D eigenvalue weighted by molar-refractivity contribution is -0.145. The molecule has 1 unspecified atom stereocenters. The van der Waals surface area contributed by atoms with Gasteiger partial charge in [-0.15, -0.1) is 0 Å². The normalized spacial score (nSPS) is 12.0. The summed E-state index contributed by atoms with van der Waals surface area (Å²) in [7, 11) is 1.58. The Bertz CT molecular complexity index is 475. The van der Waals surface area contributed by atoms with Crippen LogP contribution in [0.1, 0.15) is 25.3 Å². The molecule has 5 nitrogen and oxygen atoms in total. The average molecular weight is 314 g/mol. The second kappa shape index (κ2) is 8.64. The van der Waals surface area contributed by atoms with Crippen molar-refractivity contribution in [3.8, 4) is 0 Å². The van der Waals surface area contributed by atoms with Crippen LogP contribution in [0.5, 0.6) is 0 Å². The molecule has 0 saturated carbocycles. The van der Waals surface area contributed by atoms with Crippen LogP contribution in [0, 0.1) is 0 Å². The van der Waals surface area contributed by atoms with Gasteiger partial charge in [0, 0.05) is 25.1 Å². The minimum absolute atomic E-state index is 0.0313. The van der Waals surface area contributed by atoms with E-state index in [1.165, 1.54) is 4.90 Å². The van der Waals surface area contributed by atoms with E-state index in [0.717, 1.165) is 5.56 Å². The number of ether oxygens (including phenoxy) is 1. The van der Waals surface area contributed by atoms with E-state index < -0.39 is 5.97 Å². The SMILES string of the molecule is COC(C)CCC(=O)N(CC(=O)O)Cc1ccc(Cl)cc1. The van der Waals surface area contributed by atoms with Crippen molar-refractivity contribution in [2.45, 2.75) is 32.4 Å². The van der Waals surface area contributed by atoms with Crippen LogP contribution in [-0.4, -0.2) is 41.6 Å². The maximum absolute atomic E-state index is 12.2. The number of benzene rings is 1. The lowest BCUT2D eigenvalue weighted by Gasteiger charge is -2.21. The topological polar surface area (TPSA) is 66.8 Å².